The fourth-order valence-electron chi connectivity index (χ4n) is 2.81. The van der Waals surface area contributed by atoms with Crippen LogP contribution in [0.1, 0.15) is 5.56 Å². The highest BCUT2D eigenvalue weighted by Crippen LogP contribution is 2.24. The molecular weight excluding hydrogens is 298 g/mol. The summed E-state index contributed by atoms with van der Waals surface area (Å²) < 4.78 is 1.53. The van der Waals surface area contributed by atoms with E-state index in [9.17, 15) is 4.79 Å². The second-order valence-corrected chi connectivity index (χ2v) is 5.58. The van der Waals surface area contributed by atoms with Crippen molar-refractivity contribution in [3.05, 3.63) is 95.0 Å². The lowest BCUT2D eigenvalue weighted by molar-refractivity contribution is 0.650. The first-order valence-electron chi connectivity index (χ1n) is 7.77. The Bertz CT molecular complexity index is 1040. The van der Waals surface area contributed by atoms with E-state index in [0.29, 0.717) is 11.9 Å². The van der Waals surface area contributed by atoms with Gasteiger partial charge in [-0.25, -0.2) is 4.68 Å². The summed E-state index contributed by atoms with van der Waals surface area (Å²) in [6.07, 6.45) is 3.44. The highest BCUT2D eigenvalue weighted by molar-refractivity contribution is 5.93. The van der Waals surface area contributed by atoms with Gasteiger partial charge < -0.3 is 0 Å². The number of nitrogens with zero attached hydrogens (tertiary/aromatic N) is 3. The second kappa shape index (κ2) is 6.08. The second-order valence-electron chi connectivity index (χ2n) is 5.58. The van der Waals surface area contributed by atoms with Gasteiger partial charge in [-0.3, -0.25) is 9.78 Å². The Kier molecular flexibility index (Phi) is 3.63. The topological polar surface area (TPSA) is 47.8 Å². The molecule has 0 spiro atoms. The van der Waals surface area contributed by atoms with E-state index in [4.69, 9.17) is 0 Å². The van der Waals surface area contributed by atoms with Gasteiger partial charge >= 0.3 is 0 Å². The van der Waals surface area contributed by atoms with Crippen LogP contribution >= 0.6 is 0 Å². The number of hydrogen-bond acceptors (Lipinski definition) is 3. The molecule has 4 nitrogen and oxygen atoms in total. The molecule has 0 saturated carbocycles. The lowest BCUT2D eigenvalue weighted by Crippen LogP contribution is -2.24. The average Bonchev–Trinajstić information content (AvgIpc) is 2.66. The zero-order valence-electron chi connectivity index (χ0n) is 13.0. The number of benzene rings is 2. The summed E-state index contributed by atoms with van der Waals surface area (Å²) in [5, 5.41) is 6.21. The molecule has 0 aliphatic rings. The predicted octanol–water partition coefficient (Wildman–Crippen LogP) is 3.51. The Hall–Kier alpha value is -3.27. The van der Waals surface area contributed by atoms with Crippen molar-refractivity contribution in [1.29, 1.82) is 0 Å². The van der Waals surface area contributed by atoms with Crippen LogP contribution < -0.4 is 5.56 Å². The maximum Gasteiger partial charge on any atom is 0.274 e. The number of rotatable bonds is 3. The maximum atomic E-state index is 12.8. The van der Waals surface area contributed by atoms with E-state index >= 15 is 0 Å². The Balaban J connectivity index is 1.95. The molecular formula is C20H15N3O. The van der Waals surface area contributed by atoms with Crippen molar-refractivity contribution in [1.82, 2.24) is 14.8 Å². The zero-order valence-corrected chi connectivity index (χ0v) is 13.0. The highest BCUT2D eigenvalue weighted by Gasteiger charge is 2.12. The van der Waals surface area contributed by atoms with Crippen molar-refractivity contribution in [2.45, 2.75) is 6.54 Å². The summed E-state index contributed by atoms with van der Waals surface area (Å²) in [4.78, 5) is 16.8. The van der Waals surface area contributed by atoms with Crippen LogP contribution in [-0.2, 0) is 6.54 Å². The molecule has 24 heavy (non-hydrogen) atoms. The first-order valence-corrected chi connectivity index (χ1v) is 7.77. The van der Waals surface area contributed by atoms with Crippen LogP contribution in [0.2, 0.25) is 0 Å². The number of hydrogen-bond donors (Lipinski definition) is 0. The molecule has 4 rings (SSSR count). The van der Waals surface area contributed by atoms with Crippen LogP contribution in [0.3, 0.4) is 0 Å². The summed E-state index contributed by atoms with van der Waals surface area (Å²) in [6.45, 7) is 0.423. The molecule has 0 aliphatic carbocycles. The van der Waals surface area contributed by atoms with Gasteiger partial charge in [0.05, 0.1) is 17.6 Å². The smallest absolute Gasteiger partial charge is 0.267 e. The van der Waals surface area contributed by atoms with Crippen LogP contribution in [0.25, 0.3) is 22.0 Å². The van der Waals surface area contributed by atoms with Gasteiger partial charge in [0.1, 0.15) is 0 Å². The van der Waals surface area contributed by atoms with E-state index in [1.165, 1.54) is 4.68 Å². The van der Waals surface area contributed by atoms with Gasteiger partial charge in [0.15, 0.2) is 0 Å². The number of fused-ring (bicyclic) bond motifs is 1. The Morgan fingerprint density at radius 3 is 2.21 bits per heavy atom. The molecule has 0 atom stereocenters. The van der Waals surface area contributed by atoms with E-state index in [1.54, 1.807) is 12.4 Å². The molecule has 0 N–H and O–H groups in total. The number of pyridine rings is 1. The minimum atomic E-state index is -0.0814. The van der Waals surface area contributed by atoms with E-state index in [1.807, 2.05) is 66.7 Å². The largest absolute Gasteiger partial charge is 0.274 e. The van der Waals surface area contributed by atoms with Crippen LogP contribution in [0.4, 0.5) is 0 Å². The Morgan fingerprint density at radius 1 is 0.792 bits per heavy atom. The van der Waals surface area contributed by atoms with E-state index < -0.39 is 0 Å². The number of aromatic nitrogens is 3. The summed E-state index contributed by atoms with van der Waals surface area (Å²) in [5.74, 6) is 0. The molecule has 116 valence electrons. The molecule has 0 aliphatic heterocycles. The lowest BCUT2D eigenvalue weighted by atomic mass is 10.1. The van der Waals surface area contributed by atoms with Gasteiger partial charge in [-0.1, -0.05) is 48.5 Å². The third-order valence-electron chi connectivity index (χ3n) is 4.00. The lowest BCUT2D eigenvalue weighted by Gasteiger charge is -2.11. The fourth-order valence-corrected chi connectivity index (χ4v) is 2.81. The van der Waals surface area contributed by atoms with E-state index in [2.05, 4.69) is 10.1 Å². The van der Waals surface area contributed by atoms with Crippen molar-refractivity contribution in [2.75, 3.05) is 0 Å². The molecule has 0 fully saturated rings. The molecule has 0 saturated heterocycles. The molecule has 0 amide bonds. The molecule has 0 unspecified atom stereocenters. The van der Waals surface area contributed by atoms with Gasteiger partial charge in [-0.05, 0) is 23.8 Å². The zero-order chi connectivity index (χ0) is 16.4. The molecule has 4 heteroatoms. The van der Waals surface area contributed by atoms with Gasteiger partial charge in [0.25, 0.3) is 5.56 Å². The monoisotopic (exact) mass is 313 g/mol. The molecule has 2 heterocycles. The first kappa shape index (κ1) is 14.3. The minimum absolute atomic E-state index is 0.0814. The van der Waals surface area contributed by atoms with Gasteiger partial charge in [-0.15, -0.1) is 0 Å². The first-order chi connectivity index (χ1) is 11.8. The molecule has 2 aromatic heterocycles. The van der Waals surface area contributed by atoms with Gasteiger partial charge in [0.2, 0.25) is 0 Å². The quantitative estimate of drug-likeness (QED) is 0.581. The van der Waals surface area contributed by atoms with Crippen molar-refractivity contribution in [3.63, 3.8) is 0 Å². The summed E-state index contributed by atoms with van der Waals surface area (Å²) in [7, 11) is 0. The predicted molar refractivity (Wildman–Crippen MR) is 94.8 cm³/mol. The van der Waals surface area contributed by atoms with E-state index in [0.717, 1.165) is 22.2 Å². The maximum absolute atomic E-state index is 12.8. The summed E-state index contributed by atoms with van der Waals surface area (Å²) >= 11 is 0. The summed E-state index contributed by atoms with van der Waals surface area (Å²) in [5.41, 5.74) is 2.73. The highest BCUT2D eigenvalue weighted by atomic mass is 16.1. The van der Waals surface area contributed by atoms with Crippen molar-refractivity contribution < 1.29 is 0 Å². The van der Waals surface area contributed by atoms with E-state index in [-0.39, 0.29) is 5.56 Å². The normalized spacial score (nSPS) is 10.8. The molecule has 2 aromatic carbocycles. The molecule has 0 bridgehead atoms. The van der Waals surface area contributed by atoms with Crippen molar-refractivity contribution in [2.24, 2.45) is 0 Å². The van der Waals surface area contributed by atoms with Crippen LogP contribution in [-0.4, -0.2) is 14.8 Å². The third kappa shape index (κ3) is 2.58. The standard InChI is InChI=1S/C20H15N3O/c24-20-18-9-5-4-8-17(18)19(16-6-2-1-3-7-16)22-23(20)14-15-10-12-21-13-11-15/h1-13H,14H2. The van der Waals surface area contributed by atoms with Crippen LogP contribution in [0, 0.1) is 0 Å². The van der Waals surface area contributed by atoms with Crippen LogP contribution in [0.15, 0.2) is 83.9 Å². The average molecular weight is 313 g/mol. The molecule has 0 radical (unpaired) electrons. The van der Waals surface area contributed by atoms with Gasteiger partial charge in [0, 0.05) is 23.3 Å². The fraction of sp³-hybridized carbons (Fsp3) is 0.0500. The summed E-state index contributed by atoms with van der Waals surface area (Å²) in [6, 6.07) is 21.4. The third-order valence-corrected chi connectivity index (χ3v) is 4.00. The Morgan fingerprint density at radius 2 is 1.46 bits per heavy atom. The minimum Gasteiger partial charge on any atom is -0.267 e. The molecule has 4 aromatic rings. The van der Waals surface area contributed by atoms with Gasteiger partial charge in [-0.2, -0.15) is 5.10 Å². The van der Waals surface area contributed by atoms with Crippen LogP contribution in [0.5, 0.6) is 0 Å². The SMILES string of the molecule is O=c1c2ccccc2c(-c2ccccc2)nn1Cc1ccncc1. The Labute approximate surface area is 139 Å². The van der Waals surface area contributed by atoms with Crippen molar-refractivity contribution >= 4 is 10.8 Å². The van der Waals surface area contributed by atoms with Crippen molar-refractivity contribution in [3.8, 4) is 11.3 Å².